The smallest absolute Gasteiger partial charge is 0.222 e. The summed E-state index contributed by atoms with van der Waals surface area (Å²) in [5, 5.41) is 33.2. The monoisotopic (exact) mass is 626 g/mol. The van der Waals surface area contributed by atoms with Crippen LogP contribution in [0.15, 0.2) is 0 Å². The van der Waals surface area contributed by atoms with Gasteiger partial charge >= 0.3 is 0 Å². The number of aliphatic hydroxyl groups is 3. The highest BCUT2D eigenvalue weighted by Crippen LogP contribution is 2.16. The lowest BCUT2D eigenvalue weighted by molar-refractivity contribution is -0.125. The third-order valence-corrected chi connectivity index (χ3v) is 9.42. The highest BCUT2D eigenvalue weighted by atomic mass is 16.3. The second-order valence-corrected chi connectivity index (χ2v) is 13.9. The van der Waals surface area contributed by atoms with E-state index in [4.69, 9.17) is 0 Å². The summed E-state index contributed by atoms with van der Waals surface area (Å²) in [6.07, 6.45) is 37.8. The molecule has 5 nitrogen and oxygen atoms in total. The second-order valence-electron chi connectivity index (χ2n) is 13.9. The van der Waals surface area contributed by atoms with Crippen molar-refractivity contribution in [1.29, 1.82) is 0 Å². The predicted octanol–water partition coefficient (Wildman–Crippen LogP) is 10.7. The summed E-state index contributed by atoms with van der Waals surface area (Å²) in [6, 6.07) is -0.650. The maximum Gasteiger partial charge on any atom is 0.222 e. The topological polar surface area (TPSA) is 89.8 Å². The quantitative estimate of drug-likeness (QED) is 0.0521. The van der Waals surface area contributed by atoms with Gasteiger partial charge in [-0.05, 0) is 12.8 Å². The van der Waals surface area contributed by atoms with Gasteiger partial charge in [-0.2, -0.15) is 0 Å². The first-order chi connectivity index (χ1) is 21.5. The van der Waals surface area contributed by atoms with Crippen molar-refractivity contribution in [2.75, 3.05) is 6.61 Å². The molecule has 0 aromatic carbocycles. The minimum Gasteiger partial charge on any atom is -0.394 e. The minimum atomic E-state index is -0.741. The van der Waals surface area contributed by atoms with E-state index in [2.05, 4.69) is 19.2 Å². The predicted molar refractivity (Wildman–Crippen MR) is 190 cm³/mol. The fourth-order valence-electron chi connectivity index (χ4n) is 6.35. The molecule has 0 fully saturated rings. The van der Waals surface area contributed by atoms with Crippen molar-refractivity contribution >= 4 is 5.91 Å². The summed E-state index contributed by atoms with van der Waals surface area (Å²) in [7, 11) is 0. The van der Waals surface area contributed by atoms with E-state index in [1.807, 2.05) is 0 Å². The highest BCUT2D eigenvalue weighted by Gasteiger charge is 2.21. The van der Waals surface area contributed by atoms with Gasteiger partial charge in [-0.15, -0.1) is 0 Å². The lowest BCUT2D eigenvalue weighted by Crippen LogP contribution is -2.46. The molecule has 5 heteroatoms. The molecule has 1 amide bonds. The molecule has 0 aromatic heterocycles. The molecule has 0 aliphatic heterocycles. The zero-order chi connectivity index (χ0) is 32.4. The van der Waals surface area contributed by atoms with Gasteiger partial charge in [-0.3, -0.25) is 4.79 Å². The number of hydrogen-bond donors (Lipinski definition) is 4. The van der Waals surface area contributed by atoms with Crippen molar-refractivity contribution in [3.63, 3.8) is 0 Å². The molecule has 44 heavy (non-hydrogen) atoms. The van der Waals surface area contributed by atoms with Crippen LogP contribution in [-0.4, -0.2) is 46.1 Å². The Labute approximate surface area is 275 Å². The number of rotatable bonds is 36. The molecule has 0 aliphatic carbocycles. The maximum absolute atomic E-state index is 12.4. The van der Waals surface area contributed by atoms with Gasteiger partial charge in [0.25, 0.3) is 0 Å². The summed E-state index contributed by atoms with van der Waals surface area (Å²) in [5.41, 5.74) is 0. The van der Waals surface area contributed by atoms with Gasteiger partial charge < -0.3 is 20.6 Å². The molecule has 0 bridgehead atoms. The zero-order valence-electron chi connectivity index (χ0n) is 29.8. The number of unbranched alkanes of at least 4 members (excludes halogenated alkanes) is 27. The van der Waals surface area contributed by atoms with Gasteiger partial charge in [0.2, 0.25) is 5.91 Å². The molecule has 0 spiro atoms. The van der Waals surface area contributed by atoms with Gasteiger partial charge in [0.05, 0.1) is 31.3 Å². The summed E-state index contributed by atoms with van der Waals surface area (Å²) in [6.45, 7) is 4.24. The molecule has 0 aromatic rings. The van der Waals surface area contributed by atoms with E-state index >= 15 is 0 Å². The molecule has 3 atom stereocenters. The molecule has 264 valence electrons. The lowest BCUT2D eigenvalue weighted by Gasteiger charge is -2.23. The van der Waals surface area contributed by atoms with Gasteiger partial charge in [-0.25, -0.2) is 0 Å². The van der Waals surface area contributed by atoms with Crippen LogP contribution >= 0.6 is 0 Å². The van der Waals surface area contributed by atoms with Crippen LogP contribution < -0.4 is 5.32 Å². The molecule has 0 heterocycles. The molecule has 0 rings (SSSR count). The average molecular weight is 626 g/mol. The Balaban J connectivity index is 3.55. The number of carbonyl (C=O) groups excluding carboxylic acids is 1. The summed E-state index contributed by atoms with van der Waals surface area (Å²) in [5.74, 6) is -0.282. The van der Waals surface area contributed by atoms with Gasteiger partial charge in [0.1, 0.15) is 0 Å². The molecular formula is C39H79NO4. The van der Waals surface area contributed by atoms with E-state index in [1.165, 1.54) is 161 Å². The first-order valence-electron chi connectivity index (χ1n) is 19.8. The van der Waals surface area contributed by atoms with E-state index in [0.717, 1.165) is 25.7 Å². The minimum absolute atomic E-state index is 0.0420. The maximum atomic E-state index is 12.4. The highest BCUT2D eigenvalue weighted by molar-refractivity contribution is 5.76. The van der Waals surface area contributed by atoms with Crippen LogP contribution in [0.25, 0.3) is 0 Å². The fraction of sp³-hybridized carbons (Fsp3) is 0.974. The standard InChI is InChI=1S/C39H79NO4/c1-3-5-7-9-11-13-14-15-16-17-18-19-20-21-22-23-25-26-28-30-32-36(42)34-39(44)40-37(35-41)38(43)33-31-29-27-24-12-10-8-6-4-2/h36-38,41-43H,3-35H2,1-2H3,(H,40,44). The van der Waals surface area contributed by atoms with Crippen LogP contribution in [-0.2, 0) is 4.79 Å². The number of carbonyl (C=O) groups is 1. The molecule has 3 unspecified atom stereocenters. The zero-order valence-corrected chi connectivity index (χ0v) is 29.8. The molecule has 0 radical (unpaired) electrons. The SMILES string of the molecule is CCCCCCCCCCCCCCCCCCCCCCC(O)CC(=O)NC(CO)C(O)CCCCCCCCCCC. The Hall–Kier alpha value is -0.650. The van der Waals surface area contributed by atoms with E-state index in [-0.39, 0.29) is 18.9 Å². The number of amides is 1. The van der Waals surface area contributed by atoms with Crippen molar-refractivity contribution < 1.29 is 20.1 Å². The Morgan fingerprint density at radius 2 is 0.773 bits per heavy atom. The van der Waals surface area contributed by atoms with Crippen LogP contribution in [0.1, 0.15) is 219 Å². The van der Waals surface area contributed by atoms with Crippen LogP contribution in [0.3, 0.4) is 0 Å². The molecule has 0 saturated carbocycles. The van der Waals surface area contributed by atoms with E-state index < -0.39 is 18.2 Å². The average Bonchev–Trinajstić information content (AvgIpc) is 3.01. The third kappa shape index (κ3) is 31.3. The van der Waals surface area contributed by atoms with Crippen LogP contribution in [0.5, 0.6) is 0 Å². The van der Waals surface area contributed by atoms with Gasteiger partial charge in [0, 0.05) is 0 Å². The summed E-state index contributed by atoms with van der Waals surface area (Å²) in [4.78, 5) is 12.4. The molecule has 0 saturated heterocycles. The Bertz CT molecular complexity index is 572. The summed E-state index contributed by atoms with van der Waals surface area (Å²) >= 11 is 0. The van der Waals surface area contributed by atoms with Gasteiger partial charge in [0.15, 0.2) is 0 Å². The number of hydrogen-bond acceptors (Lipinski definition) is 4. The third-order valence-electron chi connectivity index (χ3n) is 9.42. The van der Waals surface area contributed by atoms with E-state index in [1.54, 1.807) is 0 Å². The Morgan fingerprint density at radius 3 is 1.09 bits per heavy atom. The molecule has 0 aliphatic rings. The van der Waals surface area contributed by atoms with Crippen molar-refractivity contribution in [1.82, 2.24) is 5.32 Å². The lowest BCUT2D eigenvalue weighted by atomic mass is 10.0. The van der Waals surface area contributed by atoms with Crippen LogP contribution in [0.2, 0.25) is 0 Å². The number of aliphatic hydroxyl groups excluding tert-OH is 3. The normalized spacial score (nSPS) is 13.7. The van der Waals surface area contributed by atoms with Crippen molar-refractivity contribution in [2.45, 2.75) is 238 Å². The largest absolute Gasteiger partial charge is 0.394 e. The van der Waals surface area contributed by atoms with E-state index in [0.29, 0.717) is 12.8 Å². The number of nitrogens with one attached hydrogen (secondary N) is 1. The van der Waals surface area contributed by atoms with E-state index in [9.17, 15) is 20.1 Å². The Kier molecular flexibility index (Phi) is 34.7. The second kappa shape index (κ2) is 35.2. The van der Waals surface area contributed by atoms with Crippen LogP contribution in [0, 0.1) is 0 Å². The molecular weight excluding hydrogens is 546 g/mol. The first kappa shape index (κ1) is 43.4. The van der Waals surface area contributed by atoms with Crippen molar-refractivity contribution in [2.24, 2.45) is 0 Å². The first-order valence-corrected chi connectivity index (χ1v) is 19.8. The van der Waals surface area contributed by atoms with Crippen molar-refractivity contribution in [3.05, 3.63) is 0 Å². The Morgan fingerprint density at radius 1 is 0.477 bits per heavy atom. The van der Waals surface area contributed by atoms with Gasteiger partial charge in [-0.1, -0.05) is 200 Å². The molecule has 4 N–H and O–H groups in total. The van der Waals surface area contributed by atoms with Crippen LogP contribution in [0.4, 0.5) is 0 Å². The van der Waals surface area contributed by atoms with Crippen molar-refractivity contribution in [3.8, 4) is 0 Å². The fourth-order valence-corrected chi connectivity index (χ4v) is 6.35. The summed E-state index contributed by atoms with van der Waals surface area (Å²) < 4.78 is 0.